The maximum Gasteiger partial charge on any atom is 0.334 e. The molecular weight excluding hydrogens is 492 g/mol. The third kappa shape index (κ3) is 5.19. The molecule has 1 saturated heterocycles. The highest BCUT2D eigenvalue weighted by molar-refractivity contribution is 7.91. The van der Waals surface area contributed by atoms with Crippen LogP contribution in [-0.2, 0) is 47.2 Å². The van der Waals surface area contributed by atoms with Crippen molar-refractivity contribution in [3.05, 3.63) is 40.7 Å². The minimum Gasteiger partial charge on any atom is -0.381 e. The van der Waals surface area contributed by atoms with Gasteiger partial charge in [-0.05, 0) is 73.6 Å². The molecule has 2 heterocycles. The summed E-state index contributed by atoms with van der Waals surface area (Å²) in [5.41, 5.74) is 5.47. The molecule has 2 aromatic rings. The van der Waals surface area contributed by atoms with Gasteiger partial charge in [-0.15, -0.1) is 0 Å². The number of aromatic nitrogens is 2. The van der Waals surface area contributed by atoms with Crippen LogP contribution in [0.15, 0.2) is 18.5 Å². The second-order valence-electron chi connectivity index (χ2n) is 9.90. The molecule has 0 saturated carbocycles. The van der Waals surface area contributed by atoms with Crippen LogP contribution in [0.1, 0.15) is 54.9 Å². The number of rotatable bonds is 7. The molecule has 36 heavy (non-hydrogen) atoms. The average Bonchev–Trinajstić information content (AvgIpc) is 3.54. The molecule has 5 rings (SSSR count). The highest BCUT2D eigenvalue weighted by Crippen LogP contribution is 2.38. The van der Waals surface area contributed by atoms with Gasteiger partial charge in [-0.25, -0.2) is 22.6 Å². The average molecular weight is 524 g/mol. The number of alkyl halides is 2. The Balaban J connectivity index is 1.40. The number of carbonyl (C=O) groups excluding carboxylic acids is 1. The molecule has 196 valence electrons. The normalized spacial score (nSPS) is 18.1. The van der Waals surface area contributed by atoms with Crippen molar-refractivity contribution in [1.82, 2.24) is 14.5 Å². The second kappa shape index (κ2) is 9.62. The van der Waals surface area contributed by atoms with Crippen molar-refractivity contribution < 1.29 is 26.7 Å². The Morgan fingerprint density at radius 1 is 1.17 bits per heavy atom. The zero-order chi connectivity index (χ0) is 25.5. The fraction of sp³-hybridized carbons (Fsp3) is 0.583. The lowest BCUT2D eigenvalue weighted by atomic mass is 9.99. The number of benzene rings is 1. The summed E-state index contributed by atoms with van der Waals surface area (Å²) in [6.45, 7) is 0.788. The second-order valence-corrected chi connectivity index (χ2v) is 11.4. The van der Waals surface area contributed by atoms with E-state index in [9.17, 15) is 22.0 Å². The predicted molar refractivity (Wildman–Crippen MR) is 131 cm³/mol. The van der Waals surface area contributed by atoms with Gasteiger partial charge < -0.3 is 10.1 Å². The predicted octanol–water partition coefficient (Wildman–Crippen LogP) is 3.57. The first kappa shape index (κ1) is 24.9. The van der Waals surface area contributed by atoms with Gasteiger partial charge in [-0.2, -0.15) is 13.5 Å². The van der Waals surface area contributed by atoms with Crippen LogP contribution in [0.5, 0.6) is 0 Å². The van der Waals surface area contributed by atoms with Crippen molar-refractivity contribution in [2.24, 2.45) is 0 Å². The van der Waals surface area contributed by atoms with E-state index in [4.69, 9.17) is 4.74 Å². The molecule has 0 spiro atoms. The number of urea groups is 1. The van der Waals surface area contributed by atoms with Crippen molar-refractivity contribution >= 4 is 27.6 Å². The van der Waals surface area contributed by atoms with Crippen LogP contribution in [0.25, 0.3) is 0 Å². The maximum absolute atomic E-state index is 13.5. The van der Waals surface area contributed by atoms with Gasteiger partial charge in [0, 0.05) is 32.0 Å². The van der Waals surface area contributed by atoms with E-state index in [0.717, 1.165) is 71.2 Å². The van der Waals surface area contributed by atoms with Crippen molar-refractivity contribution in [2.75, 3.05) is 22.8 Å². The van der Waals surface area contributed by atoms with E-state index in [-0.39, 0.29) is 5.69 Å². The zero-order valence-electron chi connectivity index (χ0n) is 20.2. The SMILES string of the molecule is CC(F)(F)Cn1cc(N(C2CCOCC2)S(=O)(=O)NC(=O)Nc2c3c(cc4c2CCC4)CCC3)cn1. The number of aryl methyl sites for hydroxylation is 2. The fourth-order valence-corrected chi connectivity index (χ4v) is 6.93. The van der Waals surface area contributed by atoms with E-state index in [1.54, 1.807) is 0 Å². The summed E-state index contributed by atoms with van der Waals surface area (Å²) in [6.07, 6.45) is 8.91. The first-order chi connectivity index (χ1) is 17.1. The molecule has 0 atom stereocenters. The van der Waals surface area contributed by atoms with Crippen LogP contribution in [0.2, 0.25) is 0 Å². The Hall–Kier alpha value is -2.73. The van der Waals surface area contributed by atoms with Gasteiger partial charge in [-0.3, -0.25) is 4.68 Å². The first-order valence-electron chi connectivity index (χ1n) is 12.4. The van der Waals surface area contributed by atoms with Crippen molar-refractivity contribution in [3.63, 3.8) is 0 Å². The summed E-state index contributed by atoms with van der Waals surface area (Å²) in [6, 6.07) is 0.887. The molecule has 0 unspecified atom stereocenters. The van der Waals surface area contributed by atoms with Crippen molar-refractivity contribution in [1.29, 1.82) is 0 Å². The molecule has 1 aliphatic heterocycles. The van der Waals surface area contributed by atoms with E-state index >= 15 is 0 Å². The highest BCUT2D eigenvalue weighted by Gasteiger charge is 2.35. The fourth-order valence-electron chi connectivity index (χ4n) is 5.58. The number of hydrogen-bond donors (Lipinski definition) is 2. The lowest BCUT2D eigenvalue weighted by Crippen LogP contribution is -2.51. The number of amides is 2. The molecule has 1 fully saturated rings. The van der Waals surface area contributed by atoms with Crippen LogP contribution >= 0.6 is 0 Å². The molecule has 2 N–H and O–H groups in total. The molecule has 3 aliphatic rings. The molecule has 2 aliphatic carbocycles. The maximum atomic E-state index is 13.5. The quantitative estimate of drug-likeness (QED) is 0.577. The Bertz CT molecular complexity index is 1220. The highest BCUT2D eigenvalue weighted by atomic mass is 32.2. The van der Waals surface area contributed by atoms with Gasteiger partial charge in [0.05, 0.1) is 17.9 Å². The molecule has 1 aromatic heterocycles. The minimum absolute atomic E-state index is 0.118. The van der Waals surface area contributed by atoms with Gasteiger partial charge >= 0.3 is 16.2 Å². The van der Waals surface area contributed by atoms with Crippen LogP contribution < -0.4 is 14.3 Å². The molecule has 9 nitrogen and oxygen atoms in total. The van der Waals surface area contributed by atoms with Crippen LogP contribution in [0.3, 0.4) is 0 Å². The summed E-state index contributed by atoms with van der Waals surface area (Å²) >= 11 is 0. The monoisotopic (exact) mass is 523 g/mol. The summed E-state index contributed by atoms with van der Waals surface area (Å²) in [5, 5.41) is 6.77. The van der Waals surface area contributed by atoms with E-state index in [1.807, 2.05) is 0 Å². The van der Waals surface area contributed by atoms with Crippen LogP contribution in [0, 0.1) is 0 Å². The van der Waals surface area contributed by atoms with Gasteiger partial charge in [-0.1, -0.05) is 6.07 Å². The topological polar surface area (TPSA) is 106 Å². The summed E-state index contributed by atoms with van der Waals surface area (Å²) in [4.78, 5) is 13.1. The summed E-state index contributed by atoms with van der Waals surface area (Å²) < 4.78 is 63.7. The van der Waals surface area contributed by atoms with Crippen molar-refractivity contribution in [3.8, 4) is 0 Å². The smallest absolute Gasteiger partial charge is 0.334 e. The minimum atomic E-state index is -4.38. The summed E-state index contributed by atoms with van der Waals surface area (Å²) in [7, 11) is -4.38. The van der Waals surface area contributed by atoms with E-state index in [2.05, 4.69) is 21.2 Å². The van der Waals surface area contributed by atoms with Gasteiger partial charge in [0.25, 0.3) is 5.92 Å². The lowest BCUT2D eigenvalue weighted by molar-refractivity contribution is 0.000601. The van der Waals surface area contributed by atoms with Gasteiger partial charge in [0.2, 0.25) is 0 Å². The van der Waals surface area contributed by atoms with E-state index in [1.165, 1.54) is 23.5 Å². The Morgan fingerprint density at radius 3 is 2.42 bits per heavy atom. The summed E-state index contributed by atoms with van der Waals surface area (Å²) in [5.74, 6) is -3.01. The molecule has 0 radical (unpaired) electrons. The Labute approximate surface area is 209 Å². The largest absolute Gasteiger partial charge is 0.381 e. The molecule has 1 aromatic carbocycles. The Kier molecular flexibility index (Phi) is 6.67. The molecule has 12 heteroatoms. The van der Waals surface area contributed by atoms with Gasteiger partial charge in [0.1, 0.15) is 6.54 Å². The molecule has 0 bridgehead atoms. The van der Waals surface area contributed by atoms with Crippen molar-refractivity contribution in [2.45, 2.75) is 76.8 Å². The number of carbonyl (C=O) groups is 1. The van der Waals surface area contributed by atoms with E-state index < -0.39 is 34.7 Å². The number of ether oxygens (including phenoxy) is 1. The third-order valence-electron chi connectivity index (χ3n) is 7.03. The standard InChI is InChI=1S/C24H31F2N5O4S/c1-24(25,26)15-30-14-19(13-27-30)31(18-8-10-35-11-9-18)36(33,34)29-23(32)28-22-20-6-2-4-16(20)12-17-5-3-7-21(17)22/h12-14,18H,2-11,15H2,1H3,(H2,28,29,32). The first-order valence-corrected chi connectivity index (χ1v) is 13.8. The number of nitrogens with one attached hydrogen (secondary N) is 2. The third-order valence-corrected chi connectivity index (χ3v) is 8.50. The molecule has 2 amide bonds. The molecular formula is C24H31F2N5O4S. The number of nitrogens with zero attached hydrogens (tertiary/aromatic N) is 3. The van der Waals surface area contributed by atoms with Crippen LogP contribution in [-0.4, -0.2) is 49.4 Å². The Morgan fingerprint density at radius 2 is 1.81 bits per heavy atom. The van der Waals surface area contributed by atoms with Crippen LogP contribution in [0.4, 0.5) is 25.0 Å². The number of hydrogen-bond acceptors (Lipinski definition) is 5. The number of fused-ring (bicyclic) bond motifs is 2. The van der Waals surface area contributed by atoms with Gasteiger partial charge in [0.15, 0.2) is 0 Å². The number of halogens is 2. The lowest BCUT2D eigenvalue weighted by Gasteiger charge is -2.33. The number of anilines is 2. The zero-order valence-corrected chi connectivity index (χ0v) is 21.0. The van der Waals surface area contributed by atoms with E-state index in [0.29, 0.717) is 26.1 Å².